The average Bonchev–Trinajstić information content (AvgIpc) is 2.78. The van der Waals surface area contributed by atoms with Crippen molar-refractivity contribution in [1.82, 2.24) is 9.55 Å². The molecule has 0 fully saturated rings. The van der Waals surface area contributed by atoms with Crippen molar-refractivity contribution < 1.29 is 0 Å². The first kappa shape index (κ1) is 27.4. The van der Waals surface area contributed by atoms with Gasteiger partial charge in [0.25, 0.3) is 0 Å². The van der Waals surface area contributed by atoms with Crippen LogP contribution in [-0.4, -0.2) is 16.6 Å². The third kappa shape index (κ3) is 6.70. The van der Waals surface area contributed by atoms with Gasteiger partial charge in [-0.3, -0.25) is 4.99 Å². The normalized spacial score (nSPS) is 11.7. The quantitative estimate of drug-likeness (QED) is 0.322. The van der Waals surface area contributed by atoms with Crippen LogP contribution in [0, 0.1) is 13.8 Å². The fourth-order valence-electron chi connectivity index (χ4n) is 3.38. The zero-order chi connectivity index (χ0) is 24.4. The number of aryl methyl sites for hydroxylation is 2. The molecule has 3 aromatic rings. The predicted octanol–water partition coefficient (Wildman–Crippen LogP) is 7.64. The molecule has 0 radical (unpaired) electrons. The van der Waals surface area contributed by atoms with Crippen molar-refractivity contribution >= 4 is 23.5 Å². The molecule has 0 aliphatic carbocycles. The number of nitrogens with zero attached hydrogens (tertiary/aromatic N) is 3. The number of fused-ring (bicyclic) bond motifs is 1. The van der Waals surface area contributed by atoms with E-state index in [4.69, 9.17) is 4.98 Å². The standard InChI is InChI=1S/C21H25N3S.C5H8.C2H6/c1-6-24-20(16-9-7-8-13(2)10-16)23-19-17(15(4)25)11-14(3)12-18(19)21(24)22-5;1-4-5(2)3;1-2/h7-12,15,25H,6H2,1-5H3;4H,1-2H2,3H3;1-2H3. The Morgan fingerprint density at radius 2 is 1.81 bits per heavy atom. The van der Waals surface area contributed by atoms with Gasteiger partial charge >= 0.3 is 0 Å². The van der Waals surface area contributed by atoms with Gasteiger partial charge in [0.2, 0.25) is 0 Å². The summed E-state index contributed by atoms with van der Waals surface area (Å²) in [6, 6.07) is 12.8. The molecule has 0 saturated heterocycles. The Balaban J connectivity index is 0.000000646. The number of hydrogen-bond acceptors (Lipinski definition) is 3. The minimum absolute atomic E-state index is 0.113. The molecule has 172 valence electrons. The van der Waals surface area contributed by atoms with E-state index in [-0.39, 0.29) is 5.25 Å². The molecule has 3 rings (SSSR count). The molecule has 3 nitrogen and oxygen atoms in total. The van der Waals surface area contributed by atoms with Crippen LogP contribution in [0.3, 0.4) is 0 Å². The molecule has 2 aromatic carbocycles. The van der Waals surface area contributed by atoms with E-state index in [9.17, 15) is 0 Å². The van der Waals surface area contributed by atoms with E-state index >= 15 is 0 Å². The molecular weight excluding hydrogens is 410 g/mol. The van der Waals surface area contributed by atoms with Gasteiger partial charge in [-0.05, 0) is 57.9 Å². The van der Waals surface area contributed by atoms with Crippen molar-refractivity contribution in [2.75, 3.05) is 7.05 Å². The van der Waals surface area contributed by atoms with Crippen molar-refractivity contribution in [3.63, 3.8) is 0 Å². The van der Waals surface area contributed by atoms with Gasteiger partial charge in [-0.15, -0.1) is 0 Å². The van der Waals surface area contributed by atoms with Crippen LogP contribution in [0.4, 0.5) is 0 Å². The van der Waals surface area contributed by atoms with Crippen LogP contribution in [-0.2, 0) is 6.54 Å². The zero-order valence-electron chi connectivity index (χ0n) is 21.0. The maximum Gasteiger partial charge on any atom is 0.142 e. The van der Waals surface area contributed by atoms with Gasteiger partial charge in [-0.25, -0.2) is 4.98 Å². The Hall–Kier alpha value is -2.59. The summed E-state index contributed by atoms with van der Waals surface area (Å²) in [7, 11) is 1.85. The van der Waals surface area contributed by atoms with E-state index in [1.165, 1.54) is 11.1 Å². The highest BCUT2D eigenvalue weighted by Crippen LogP contribution is 2.29. The summed E-state index contributed by atoms with van der Waals surface area (Å²) in [6.07, 6.45) is 1.72. The topological polar surface area (TPSA) is 30.2 Å². The van der Waals surface area contributed by atoms with E-state index in [2.05, 4.69) is 99.4 Å². The second-order valence-corrected chi connectivity index (χ2v) is 8.35. The molecule has 0 aliphatic rings. The molecule has 0 bridgehead atoms. The summed E-state index contributed by atoms with van der Waals surface area (Å²) in [4.78, 5) is 9.70. The van der Waals surface area contributed by atoms with Gasteiger partial charge in [-0.1, -0.05) is 68.5 Å². The Bertz CT molecular complexity index is 1140. The maximum absolute atomic E-state index is 5.08. The second kappa shape index (κ2) is 13.1. The molecule has 1 atom stereocenters. The SMILES string of the molecule is C=CC(=C)C.CC.CCn1c(-c2cccc(C)c2)nc2c(C(C)S)cc(C)cc2c1=NC. The van der Waals surface area contributed by atoms with Crippen molar-refractivity contribution in [2.45, 2.75) is 60.3 Å². The first-order valence-electron chi connectivity index (χ1n) is 11.2. The molecule has 32 heavy (non-hydrogen) atoms. The molecule has 0 saturated carbocycles. The lowest BCUT2D eigenvalue weighted by Gasteiger charge is -2.18. The summed E-state index contributed by atoms with van der Waals surface area (Å²) in [5, 5.41) is 1.21. The fourth-order valence-corrected chi connectivity index (χ4v) is 3.57. The van der Waals surface area contributed by atoms with Crippen LogP contribution in [0.2, 0.25) is 0 Å². The Labute approximate surface area is 200 Å². The molecular formula is C28H39N3S. The Morgan fingerprint density at radius 1 is 1.19 bits per heavy atom. The molecule has 1 heterocycles. The molecule has 0 spiro atoms. The van der Waals surface area contributed by atoms with E-state index in [0.29, 0.717) is 0 Å². The van der Waals surface area contributed by atoms with Crippen LogP contribution < -0.4 is 5.49 Å². The minimum atomic E-state index is 0.113. The smallest absolute Gasteiger partial charge is 0.142 e. The summed E-state index contributed by atoms with van der Waals surface area (Å²) >= 11 is 4.68. The van der Waals surface area contributed by atoms with Gasteiger partial charge in [0.1, 0.15) is 11.3 Å². The average molecular weight is 450 g/mol. The zero-order valence-corrected chi connectivity index (χ0v) is 21.9. The number of benzene rings is 2. The predicted molar refractivity (Wildman–Crippen MR) is 146 cm³/mol. The minimum Gasteiger partial charge on any atom is -0.311 e. The molecule has 0 N–H and O–H groups in total. The number of aromatic nitrogens is 2. The van der Waals surface area contributed by atoms with Crippen LogP contribution in [0.25, 0.3) is 22.3 Å². The molecule has 1 unspecified atom stereocenters. The monoisotopic (exact) mass is 449 g/mol. The van der Waals surface area contributed by atoms with Crippen molar-refractivity contribution in [1.29, 1.82) is 0 Å². The number of hydrogen-bond donors (Lipinski definition) is 1. The van der Waals surface area contributed by atoms with E-state index in [1.54, 1.807) is 6.08 Å². The molecule has 1 aromatic heterocycles. The first-order valence-corrected chi connectivity index (χ1v) is 11.8. The third-order valence-corrected chi connectivity index (χ3v) is 5.13. The molecule has 0 aliphatic heterocycles. The van der Waals surface area contributed by atoms with Crippen LogP contribution in [0.15, 0.2) is 66.2 Å². The first-order chi connectivity index (χ1) is 15.2. The van der Waals surface area contributed by atoms with Crippen molar-refractivity contribution in [2.24, 2.45) is 4.99 Å². The van der Waals surface area contributed by atoms with Crippen LogP contribution in [0.1, 0.15) is 56.6 Å². The van der Waals surface area contributed by atoms with Gasteiger partial charge in [-0.2, -0.15) is 12.6 Å². The summed E-state index contributed by atoms with van der Waals surface area (Å²) in [5.41, 5.74) is 7.69. The van der Waals surface area contributed by atoms with E-state index < -0.39 is 0 Å². The van der Waals surface area contributed by atoms with Gasteiger partial charge in [0.05, 0.1) is 5.52 Å². The van der Waals surface area contributed by atoms with E-state index in [1.807, 2.05) is 27.8 Å². The fraction of sp³-hybridized carbons (Fsp3) is 0.357. The van der Waals surface area contributed by atoms with Crippen LogP contribution in [0.5, 0.6) is 0 Å². The van der Waals surface area contributed by atoms with Crippen molar-refractivity contribution in [3.05, 3.63) is 83.4 Å². The highest BCUT2D eigenvalue weighted by Gasteiger charge is 2.15. The number of allylic oxidation sites excluding steroid dienone is 2. The maximum atomic E-state index is 5.08. The highest BCUT2D eigenvalue weighted by atomic mass is 32.1. The Kier molecular flexibility index (Phi) is 11.2. The summed E-state index contributed by atoms with van der Waals surface area (Å²) < 4.78 is 2.20. The second-order valence-electron chi connectivity index (χ2n) is 7.57. The molecule has 4 heteroatoms. The lowest BCUT2D eigenvalue weighted by atomic mass is 10.0. The summed E-state index contributed by atoms with van der Waals surface area (Å²) in [6.45, 7) is 22.2. The lowest BCUT2D eigenvalue weighted by Crippen LogP contribution is -2.24. The Morgan fingerprint density at radius 3 is 2.28 bits per heavy atom. The molecule has 0 amide bonds. The van der Waals surface area contributed by atoms with Gasteiger partial charge in [0.15, 0.2) is 0 Å². The van der Waals surface area contributed by atoms with E-state index in [0.717, 1.165) is 45.5 Å². The number of rotatable bonds is 4. The third-order valence-electron chi connectivity index (χ3n) is 4.86. The van der Waals surface area contributed by atoms with Crippen LogP contribution >= 0.6 is 12.6 Å². The van der Waals surface area contributed by atoms with Gasteiger partial charge in [0, 0.05) is 29.8 Å². The number of thiol groups is 1. The van der Waals surface area contributed by atoms with Gasteiger partial charge < -0.3 is 4.57 Å². The summed E-state index contributed by atoms with van der Waals surface area (Å²) in [5.74, 6) is 0.957. The highest BCUT2D eigenvalue weighted by molar-refractivity contribution is 7.80. The lowest BCUT2D eigenvalue weighted by molar-refractivity contribution is 0.711. The largest absolute Gasteiger partial charge is 0.311 e. The van der Waals surface area contributed by atoms with Crippen molar-refractivity contribution in [3.8, 4) is 11.4 Å².